The number of ether oxygens (including phenoxy) is 10. The Morgan fingerprint density at radius 2 is 1.30 bits per heavy atom. The fourth-order valence-corrected chi connectivity index (χ4v) is 13.8. The zero-order valence-electron chi connectivity index (χ0n) is 43.0. The summed E-state index contributed by atoms with van der Waals surface area (Å²) in [6, 6.07) is 0. The number of Topliss-reactive ketones (excluding diaryl/α,β-unsaturated/α-hetero) is 1. The summed E-state index contributed by atoms with van der Waals surface area (Å²) in [6.07, 6.45) is -13.0. The molecule has 3 aliphatic heterocycles. The second-order valence-corrected chi connectivity index (χ2v) is 21.7. The van der Waals surface area contributed by atoms with E-state index in [1.54, 1.807) is 60.6 Å². The van der Waals surface area contributed by atoms with Gasteiger partial charge in [-0.15, -0.1) is 0 Å². The molecular weight excluding hydrogens is 933 g/mol. The van der Waals surface area contributed by atoms with Crippen LogP contribution in [0.2, 0.25) is 0 Å². The Labute approximate surface area is 416 Å². The molecule has 404 valence electrons. The number of hydrogen-bond acceptors (Lipinski definition) is 20. The fourth-order valence-electron chi connectivity index (χ4n) is 13.8. The smallest absolute Gasteiger partial charge is 0.333 e. The molecule has 0 spiro atoms. The summed E-state index contributed by atoms with van der Waals surface area (Å²) in [5.41, 5.74) is -5.41. The topological polar surface area (TPSA) is 285 Å². The molecule has 0 aromatic carbocycles. The number of aliphatic hydroxyl groups is 7. The van der Waals surface area contributed by atoms with Gasteiger partial charge in [0.2, 0.25) is 0 Å². The van der Waals surface area contributed by atoms with E-state index in [9.17, 15) is 50.1 Å². The summed E-state index contributed by atoms with van der Waals surface area (Å²) in [6.45, 7) is 14.6. The van der Waals surface area contributed by atoms with Crippen molar-refractivity contribution in [3.63, 3.8) is 0 Å². The number of methoxy groups -OCH3 is 2. The molecular formula is C51H80O20. The quantitative estimate of drug-likeness (QED) is 0.0740. The zero-order valence-corrected chi connectivity index (χ0v) is 43.0. The van der Waals surface area contributed by atoms with Gasteiger partial charge < -0.3 is 83.1 Å². The molecule has 0 aromatic rings. The van der Waals surface area contributed by atoms with Gasteiger partial charge in [0.1, 0.15) is 78.0 Å². The fraction of sp³-hybridized carbons (Fsp3) is 0.863. The molecule has 20 heteroatoms. The van der Waals surface area contributed by atoms with E-state index in [2.05, 4.69) is 0 Å². The molecule has 3 saturated heterocycles. The van der Waals surface area contributed by atoms with E-state index in [0.717, 1.165) is 0 Å². The molecule has 20 nitrogen and oxygen atoms in total. The highest BCUT2D eigenvalue weighted by Crippen LogP contribution is 2.71. The van der Waals surface area contributed by atoms with Crippen LogP contribution < -0.4 is 0 Å². The Balaban J connectivity index is 1.07. The molecule has 7 N–H and O–H groups in total. The van der Waals surface area contributed by atoms with Gasteiger partial charge in [-0.2, -0.15) is 0 Å². The Morgan fingerprint density at radius 1 is 0.676 bits per heavy atom. The molecule has 24 atom stereocenters. The molecule has 71 heavy (non-hydrogen) atoms. The minimum Gasteiger partial charge on any atom is -0.455 e. The van der Waals surface area contributed by atoms with Gasteiger partial charge in [0.05, 0.1) is 31.0 Å². The number of carbonyl (C=O) groups excluding carboxylic acids is 3. The van der Waals surface area contributed by atoms with Crippen molar-refractivity contribution >= 4 is 17.7 Å². The van der Waals surface area contributed by atoms with Gasteiger partial charge in [-0.25, -0.2) is 9.59 Å². The Morgan fingerprint density at radius 3 is 1.90 bits per heavy atom. The van der Waals surface area contributed by atoms with E-state index in [4.69, 9.17) is 47.4 Å². The number of allylic oxidation sites excluding steroid dienone is 2. The van der Waals surface area contributed by atoms with Crippen molar-refractivity contribution < 1.29 is 97.5 Å². The first-order valence-electron chi connectivity index (χ1n) is 25.4. The standard InChI is InChI=1S/C51H80O20/c1-12-23(3)44(58)68-41-42-48(8)17-15-29(20-28(48)14-18-50(42,60)51(61)19-16-30(25(5)53)49(51,9)43(41)71-45(59)24(4)13-2)66-33-21-31(62-10)38(26(6)64-33)69-47-37(57)40(63-11)39(27(7)65-47)70-46-36(56)35(55)34(54)32(22-52)67-46/h12-13,26-43,46-47,52,54-57,60-61H,14-22H2,1-11H3/b23-12+,24-13+/t26-,27-,28+,29+,30+,31-,32-,33+,34-,35+,36-,37-,38-,39-,40+,41+,42-,43-,46+,47+,48+,49+,50+,51-/m1/s1. The van der Waals surface area contributed by atoms with E-state index in [1.165, 1.54) is 21.1 Å². The minimum atomic E-state index is -1.89. The van der Waals surface area contributed by atoms with Crippen molar-refractivity contribution in [2.75, 3.05) is 20.8 Å². The summed E-state index contributed by atoms with van der Waals surface area (Å²) in [7, 11) is 2.89. The third-order valence-electron chi connectivity index (χ3n) is 18.1. The summed E-state index contributed by atoms with van der Waals surface area (Å²) in [5.74, 6) is -3.38. The van der Waals surface area contributed by atoms with Crippen LogP contribution in [0.3, 0.4) is 0 Å². The Hall–Kier alpha value is -2.51. The molecule has 0 unspecified atom stereocenters. The lowest BCUT2D eigenvalue weighted by Crippen LogP contribution is -2.81. The lowest BCUT2D eigenvalue weighted by Gasteiger charge is -2.69. The first-order valence-corrected chi connectivity index (χ1v) is 25.4. The van der Waals surface area contributed by atoms with Crippen molar-refractivity contribution in [3.8, 4) is 0 Å². The highest BCUT2D eigenvalue weighted by Gasteiger charge is 2.81. The average Bonchev–Trinajstić information content (AvgIpc) is 3.63. The van der Waals surface area contributed by atoms with Crippen LogP contribution in [-0.4, -0.2) is 190 Å². The zero-order chi connectivity index (χ0) is 52.3. The van der Waals surface area contributed by atoms with Crippen LogP contribution in [-0.2, 0) is 61.8 Å². The first kappa shape index (κ1) is 56.2. The van der Waals surface area contributed by atoms with E-state index in [1.807, 2.05) is 6.92 Å². The number of fused-ring (bicyclic) bond motifs is 5. The molecule has 3 heterocycles. The van der Waals surface area contributed by atoms with E-state index < -0.39 is 151 Å². The maximum atomic E-state index is 13.9. The van der Waals surface area contributed by atoms with Crippen LogP contribution >= 0.6 is 0 Å². The maximum Gasteiger partial charge on any atom is 0.333 e. The predicted molar refractivity (Wildman–Crippen MR) is 247 cm³/mol. The number of rotatable bonds is 14. The van der Waals surface area contributed by atoms with Crippen molar-refractivity contribution in [3.05, 3.63) is 23.3 Å². The molecule has 7 rings (SSSR count). The van der Waals surface area contributed by atoms with Crippen LogP contribution in [0.1, 0.15) is 114 Å². The summed E-state index contributed by atoms with van der Waals surface area (Å²) in [5, 5.41) is 78.9. The van der Waals surface area contributed by atoms with Crippen molar-refractivity contribution in [2.45, 2.75) is 229 Å². The predicted octanol–water partition coefficient (Wildman–Crippen LogP) is 1.67. The third kappa shape index (κ3) is 9.62. The SMILES string of the molecule is C/C=C(\C)C(=O)O[C@@H]1[C@@H](OC(=O)/C(C)=C/C)[C@]2(C)[C@H](C(C)=O)CC[C@]2(O)[C@]2(O)CC[C@H]3C[C@@H](O[C@H]4C[C@@H](OC)[C@H](O[C@@H]5O[C@H](C)[C@@H](O[C@@H]6O[C@H](CO)[C@@H](O)[C@H](O)[C@H]6O)[C@@H](OC)[C@H]5O)[C@@H](C)O4)CC[C@]3(C)[C@@H]12. The summed E-state index contributed by atoms with van der Waals surface area (Å²) < 4.78 is 61.7. The van der Waals surface area contributed by atoms with Gasteiger partial charge in [0, 0.05) is 49.0 Å². The monoisotopic (exact) mass is 1010 g/mol. The number of hydrogen-bond donors (Lipinski definition) is 7. The van der Waals surface area contributed by atoms with Crippen LogP contribution in [0.4, 0.5) is 0 Å². The number of aliphatic hydroxyl groups excluding tert-OH is 5. The van der Waals surface area contributed by atoms with Crippen molar-refractivity contribution in [1.29, 1.82) is 0 Å². The molecule has 0 amide bonds. The Kier molecular flexibility index (Phi) is 17.1. The van der Waals surface area contributed by atoms with Gasteiger partial charge in [0.15, 0.2) is 18.9 Å². The number of ketones is 1. The average molecular weight is 1010 g/mol. The van der Waals surface area contributed by atoms with Gasteiger partial charge in [0.25, 0.3) is 0 Å². The number of esters is 2. The largest absolute Gasteiger partial charge is 0.455 e. The van der Waals surface area contributed by atoms with Gasteiger partial charge in [-0.05, 0) is 105 Å². The molecule has 0 radical (unpaired) electrons. The maximum absolute atomic E-state index is 13.9. The van der Waals surface area contributed by atoms with E-state index >= 15 is 0 Å². The highest BCUT2D eigenvalue weighted by atomic mass is 16.8. The van der Waals surface area contributed by atoms with Crippen molar-refractivity contribution in [2.24, 2.45) is 28.6 Å². The lowest BCUT2D eigenvalue weighted by atomic mass is 9.39. The lowest BCUT2D eigenvalue weighted by molar-refractivity contribution is -0.372. The highest BCUT2D eigenvalue weighted by molar-refractivity contribution is 5.89. The first-order chi connectivity index (χ1) is 33.4. The molecule has 0 bridgehead atoms. The molecule has 7 aliphatic rings. The van der Waals surface area contributed by atoms with Crippen LogP contribution in [0.5, 0.6) is 0 Å². The summed E-state index contributed by atoms with van der Waals surface area (Å²) in [4.78, 5) is 41.2. The van der Waals surface area contributed by atoms with Gasteiger partial charge in [-0.3, -0.25) is 4.79 Å². The second-order valence-electron chi connectivity index (χ2n) is 21.7. The summed E-state index contributed by atoms with van der Waals surface area (Å²) >= 11 is 0. The number of carbonyl (C=O) groups is 3. The van der Waals surface area contributed by atoms with Crippen LogP contribution in [0.25, 0.3) is 0 Å². The third-order valence-corrected chi connectivity index (χ3v) is 18.1. The van der Waals surface area contributed by atoms with E-state index in [-0.39, 0.29) is 43.5 Å². The molecule has 7 fully saturated rings. The minimum absolute atomic E-state index is 0.0827. The van der Waals surface area contributed by atoms with Gasteiger partial charge >= 0.3 is 11.9 Å². The van der Waals surface area contributed by atoms with E-state index in [0.29, 0.717) is 36.8 Å². The molecule has 0 aromatic heterocycles. The van der Waals surface area contributed by atoms with Crippen LogP contribution in [0.15, 0.2) is 23.3 Å². The van der Waals surface area contributed by atoms with Gasteiger partial charge in [-0.1, -0.05) is 26.0 Å². The molecule has 4 aliphatic carbocycles. The van der Waals surface area contributed by atoms with Crippen molar-refractivity contribution in [1.82, 2.24) is 0 Å². The normalized spacial score (nSPS) is 49.3. The molecule has 4 saturated carbocycles. The van der Waals surface area contributed by atoms with Crippen LogP contribution in [0, 0.1) is 28.6 Å². The Bertz CT molecular complexity index is 1980. The second kappa shape index (κ2) is 21.6.